The van der Waals surface area contributed by atoms with E-state index in [1.807, 2.05) is 0 Å². The number of fused-ring (bicyclic) bond motifs is 1. The molecular weight excluding hydrogens is 290 g/mol. The molecule has 96 valence electrons. The van der Waals surface area contributed by atoms with Crippen molar-refractivity contribution in [2.75, 3.05) is 0 Å². The molecule has 2 aromatic carbocycles. The first-order valence-electron chi connectivity index (χ1n) is 5.42. The minimum absolute atomic E-state index is 0.0775. The van der Waals surface area contributed by atoms with E-state index in [0.717, 1.165) is 11.5 Å². The Balaban J connectivity index is 2.21. The molecule has 0 unspecified atom stereocenters. The van der Waals surface area contributed by atoms with E-state index in [1.165, 1.54) is 6.07 Å². The Kier molecular flexibility index (Phi) is 2.88. The zero-order valence-electron chi connectivity index (χ0n) is 9.45. The van der Waals surface area contributed by atoms with Gasteiger partial charge in [0.25, 0.3) is 0 Å². The van der Waals surface area contributed by atoms with Crippen molar-refractivity contribution in [1.29, 1.82) is 0 Å². The Morgan fingerprint density at radius 3 is 2.63 bits per heavy atom. The Morgan fingerprint density at radius 2 is 1.84 bits per heavy atom. The van der Waals surface area contributed by atoms with Gasteiger partial charge in [0.2, 0.25) is 0 Å². The molecule has 0 atom stereocenters. The lowest BCUT2D eigenvalue weighted by atomic mass is 10.1. The van der Waals surface area contributed by atoms with Crippen LogP contribution in [0.5, 0.6) is 5.75 Å². The van der Waals surface area contributed by atoms with Crippen LogP contribution in [0.25, 0.3) is 22.3 Å². The first kappa shape index (κ1) is 12.3. The highest BCUT2D eigenvalue weighted by atomic mass is 35.5. The molecule has 0 spiro atoms. The van der Waals surface area contributed by atoms with E-state index in [4.69, 9.17) is 27.6 Å². The fourth-order valence-corrected chi connectivity index (χ4v) is 2.22. The van der Waals surface area contributed by atoms with Gasteiger partial charge in [-0.2, -0.15) is 0 Å². The maximum atomic E-state index is 13.2. The fourth-order valence-electron chi connectivity index (χ4n) is 1.88. The lowest BCUT2D eigenvalue weighted by Gasteiger charge is -2.02. The summed E-state index contributed by atoms with van der Waals surface area (Å²) in [6.45, 7) is 0. The predicted molar refractivity (Wildman–Crippen MR) is 73.3 cm³/mol. The van der Waals surface area contributed by atoms with Crippen LogP contribution in [0.2, 0.25) is 10.0 Å². The molecular formula is C14H7Cl2FO2. The number of phenolic OH excluding ortho intramolecular Hbond substituents is 1. The summed E-state index contributed by atoms with van der Waals surface area (Å²) in [7, 11) is 0. The van der Waals surface area contributed by atoms with E-state index in [9.17, 15) is 9.50 Å². The summed E-state index contributed by atoms with van der Waals surface area (Å²) in [6.07, 6.45) is 0. The van der Waals surface area contributed by atoms with E-state index >= 15 is 0 Å². The van der Waals surface area contributed by atoms with Gasteiger partial charge in [-0.05, 0) is 30.3 Å². The molecule has 0 aliphatic rings. The fraction of sp³-hybridized carbons (Fsp3) is 0. The van der Waals surface area contributed by atoms with Gasteiger partial charge in [-0.3, -0.25) is 0 Å². The SMILES string of the molecule is Oc1cc(F)c(Cl)cc1-c1cc2cc(Cl)ccc2o1. The lowest BCUT2D eigenvalue weighted by Crippen LogP contribution is -1.81. The van der Waals surface area contributed by atoms with Crippen LogP contribution in [-0.2, 0) is 0 Å². The molecule has 19 heavy (non-hydrogen) atoms. The van der Waals surface area contributed by atoms with Crippen molar-refractivity contribution in [2.45, 2.75) is 0 Å². The lowest BCUT2D eigenvalue weighted by molar-refractivity contribution is 0.468. The number of phenols is 1. The monoisotopic (exact) mass is 296 g/mol. The van der Waals surface area contributed by atoms with Gasteiger partial charge in [-0.1, -0.05) is 23.2 Å². The molecule has 1 N–H and O–H groups in total. The molecule has 0 amide bonds. The second-order valence-corrected chi connectivity index (χ2v) is 4.92. The zero-order valence-corrected chi connectivity index (χ0v) is 11.0. The summed E-state index contributed by atoms with van der Waals surface area (Å²) in [5, 5.41) is 11.1. The smallest absolute Gasteiger partial charge is 0.145 e. The Labute approximate surface area is 118 Å². The van der Waals surface area contributed by atoms with Gasteiger partial charge in [-0.25, -0.2) is 4.39 Å². The molecule has 0 radical (unpaired) electrons. The topological polar surface area (TPSA) is 33.4 Å². The molecule has 2 nitrogen and oxygen atoms in total. The summed E-state index contributed by atoms with van der Waals surface area (Å²) in [5.74, 6) is -0.509. The molecule has 0 fully saturated rings. The standard InChI is InChI=1S/C14H7Cl2FO2/c15-8-1-2-13-7(3-8)4-14(19-13)9-5-10(16)11(17)6-12(9)18/h1-6,18H. The normalized spacial score (nSPS) is 11.1. The van der Waals surface area contributed by atoms with Gasteiger partial charge in [0.15, 0.2) is 0 Å². The molecule has 0 saturated heterocycles. The van der Waals surface area contributed by atoms with Crippen molar-refractivity contribution < 1.29 is 13.9 Å². The van der Waals surface area contributed by atoms with Crippen molar-refractivity contribution in [3.63, 3.8) is 0 Å². The van der Waals surface area contributed by atoms with Crippen molar-refractivity contribution in [3.8, 4) is 17.1 Å². The molecule has 0 aliphatic heterocycles. The molecule has 0 saturated carbocycles. The van der Waals surface area contributed by atoms with Crippen LogP contribution in [0.4, 0.5) is 4.39 Å². The van der Waals surface area contributed by atoms with Crippen LogP contribution in [0.15, 0.2) is 40.8 Å². The molecule has 1 aromatic heterocycles. The minimum Gasteiger partial charge on any atom is -0.507 e. The van der Waals surface area contributed by atoms with Crippen molar-refractivity contribution >= 4 is 34.2 Å². The summed E-state index contributed by atoms with van der Waals surface area (Å²) < 4.78 is 18.8. The van der Waals surface area contributed by atoms with Crippen molar-refractivity contribution in [2.24, 2.45) is 0 Å². The van der Waals surface area contributed by atoms with Gasteiger partial charge in [0, 0.05) is 16.5 Å². The van der Waals surface area contributed by atoms with E-state index in [0.29, 0.717) is 21.9 Å². The largest absolute Gasteiger partial charge is 0.507 e. The number of aromatic hydroxyl groups is 1. The molecule has 1 heterocycles. The van der Waals surface area contributed by atoms with Gasteiger partial charge in [0.1, 0.15) is 22.9 Å². The Bertz CT molecular complexity index is 780. The third-order valence-corrected chi connectivity index (χ3v) is 3.31. The number of hydrogen-bond acceptors (Lipinski definition) is 2. The van der Waals surface area contributed by atoms with Gasteiger partial charge in [0.05, 0.1) is 10.6 Å². The number of halogens is 3. The van der Waals surface area contributed by atoms with Crippen LogP contribution in [-0.4, -0.2) is 5.11 Å². The van der Waals surface area contributed by atoms with Crippen LogP contribution < -0.4 is 0 Å². The molecule has 5 heteroatoms. The zero-order chi connectivity index (χ0) is 13.6. The number of benzene rings is 2. The van der Waals surface area contributed by atoms with E-state index in [2.05, 4.69) is 0 Å². The summed E-state index contributed by atoms with van der Waals surface area (Å²) in [4.78, 5) is 0. The summed E-state index contributed by atoms with van der Waals surface area (Å²) in [5.41, 5.74) is 0.956. The average Bonchev–Trinajstić information content (AvgIpc) is 2.76. The highest BCUT2D eigenvalue weighted by Gasteiger charge is 2.14. The van der Waals surface area contributed by atoms with Crippen LogP contribution in [0.3, 0.4) is 0 Å². The van der Waals surface area contributed by atoms with Gasteiger partial charge >= 0.3 is 0 Å². The van der Waals surface area contributed by atoms with Crippen LogP contribution >= 0.6 is 23.2 Å². The van der Waals surface area contributed by atoms with Gasteiger partial charge in [-0.15, -0.1) is 0 Å². The summed E-state index contributed by atoms with van der Waals surface area (Å²) in [6, 6.07) is 9.16. The van der Waals surface area contributed by atoms with Crippen LogP contribution in [0, 0.1) is 5.82 Å². The molecule has 3 aromatic rings. The Morgan fingerprint density at radius 1 is 1.05 bits per heavy atom. The molecule has 0 aliphatic carbocycles. The highest BCUT2D eigenvalue weighted by molar-refractivity contribution is 6.31. The maximum Gasteiger partial charge on any atom is 0.145 e. The first-order chi connectivity index (χ1) is 9.04. The van der Waals surface area contributed by atoms with Crippen molar-refractivity contribution in [3.05, 3.63) is 52.3 Å². The molecule has 0 bridgehead atoms. The number of rotatable bonds is 1. The third kappa shape index (κ3) is 2.15. The number of hydrogen-bond donors (Lipinski definition) is 1. The van der Waals surface area contributed by atoms with E-state index in [1.54, 1.807) is 24.3 Å². The first-order valence-corrected chi connectivity index (χ1v) is 6.17. The highest BCUT2D eigenvalue weighted by Crippen LogP contribution is 2.36. The van der Waals surface area contributed by atoms with Gasteiger partial charge < -0.3 is 9.52 Å². The summed E-state index contributed by atoms with van der Waals surface area (Å²) >= 11 is 11.6. The second-order valence-electron chi connectivity index (χ2n) is 4.08. The second kappa shape index (κ2) is 4.44. The van der Waals surface area contributed by atoms with E-state index < -0.39 is 5.82 Å². The Hall–Kier alpha value is -1.71. The number of furan rings is 1. The third-order valence-electron chi connectivity index (χ3n) is 2.78. The predicted octanol–water partition coefficient (Wildman–Crippen LogP) is 5.25. The average molecular weight is 297 g/mol. The maximum absolute atomic E-state index is 13.2. The quantitative estimate of drug-likeness (QED) is 0.665. The van der Waals surface area contributed by atoms with Crippen LogP contribution in [0.1, 0.15) is 0 Å². The minimum atomic E-state index is -0.679. The van der Waals surface area contributed by atoms with Crippen molar-refractivity contribution in [1.82, 2.24) is 0 Å². The molecule has 3 rings (SSSR count). The van der Waals surface area contributed by atoms with E-state index in [-0.39, 0.29) is 10.8 Å².